The van der Waals surface area contributed by atoms with E-state index in [-0.39, 0.29) is 43.1 Å². The van der Waals surface area contributed by atoms with Crippen LogP contribution in [0, 0.1) is 0 Å². The van der Waals surface area contributed by atoms with Gasteiger partial charge in [-0.15, -0.1) is 24.8 Å². The lowest BCUT2D eigenvalue weighted by Gasteiger charge is -2.33. The topological polar surface area (TPSA) is 24.5 Å². The van der Waals surface area contributed by atoms with Crippen LogP contribution >= 0.6 is 24.8 Å². The van der Waals surface area contributed by atoms with Gasteiger partial charge in [0, 0.05) is 26.2 Å². The minimum atomic E-state index is -0.348. The summed E-state index contributed by atoms with van der Waals surface area (Å²) in [5.74, 6) is 0.833. The van der Waals surface area contributed by atoms with Crippen LogP contribution in [0.5, 0.6) is 5.75 Å². The fraction of sp³-hybridized carbons (Fsp3) is 0.625. The van der Waals surface area contributed by atoms with E-state index < -0.39 is 0 Å². The Kier molecular flexibility index (Phi) is 9.32. The molecule has 0 unspecified atom stereocenters. The highest BCUT2D eigenvalue weighted by Gasteiger charge is 2.22. The summed E-state index contributed by atoms with van der Waals surface area (Å²) in [7, 11) is 0. The van der Waals surface area contributed by atoms with Gasteiger partial charge in [-0.3, -0.25) is 4.90 Å². The van der Waals surface area contributed by atoms with Crippen molar-refractivity contribution in [1.29, 1.82) is 0 Å². The monoisotopic (exact) mass is 352 g/mol. The zero-order valence-corrected chi connectivity index (χ0v) is 15.1. The van der Waals surface area contributed by atoms with Gasteiger partial charge in [0.25, 0.3) is 0 Å². The van der Waals surface area contributed by atoms with Gasteiger partial charge in [0.05, 0.1) is 6.04 Å². The lowest BCUT2D eigenvalue weighted by Crippen LogP contribution is -2.45. The third-order valence-electron chi connectivity index (χ3n) is 3.43. The van der Waals surface area contributed by atoms with E-state index >= 15 is 0 Å². The Morgan fingerprint density at radius 2 is 1.68 bits per heavy atom. The average Bonchev–Trinajstić information content (AvgIpc) is 2.41. The van der Waals surface area contributed by atoms with Crippen LogP contribution in [-0.2, 0) is 0 Å². The Morgan fingerprint density at radius 3 is 2.14 bits per heavy atom. The quantitative estimate of drug-likeness (QED) is 0.895. The summed E-state index contributed by atoms with van der Waals surface area (Å²) in [5.41, 5.74) is 0.815. The first kappa shape index (κ1) is 21.4. The third kappa shape index (κ3) is 6.29. The smallest absolute Gasteiger partial charge is 0.120 e. The lowest BCUT2D eigenvalue weighted by molar-refractivity contribution is 0.130. The molecule has 1 aromatic rings. The molecule has 0 bridgehead atoms. The van der Waals surface area contributed by atoms with Gasteiger partial charge in [-0.2, -0.15) is 0 Å². The van der Waals surface area contributed by atoms with Crippen LogP contribution in [0.15, 0.2) is 24.3 Å². The molecule has 0 aromatic heterocycles. The maximum absolute atomic E-state index is 13.4. The molecule has 128 valence electrons. The maximum atomic E-state index is 13.4. The number of ether oxygens (including phenoxy) is 1. The first-order chi connectivity index (χ1) is 9.49. The summed E-state index contributed by atoms with van der Waals surface area (Å²) in [5, 5.41) is 3.30. The summed E-state index contributed by atoms with van der Waals surface area (Å²) in [6.07, 6.45) is 0. The van der Waals surface area contributed by atoms with Crippen LogP contribution in [0.1, 0.15) is 32.4 Å². The lowest BCUT2D eigenvalue weighted by atomic mass is 10.1. The third-order valence-corrected chi connectivity index (χ3v) is 3.43. The van der Waals surface area contributed by atoms with Crippen molar-refractivity contribution in [2.24, 2.45) is 0 Å². The number of hydrogen-bond donors (Lipinski definition) is 1. The van der Waals surface area contributed by atoms with Gasteiger partial charge in [-0.05, 0) is 38.5 Å². The van der Waals surface area contributed by atoms with Crippen LogP contribution in [0.25, 0.3) is 0 Å². The molecule has 0 spiro atoms. The number of hydrogen-bond acceptors (Lipinski definition) is 3. The molecule has 22 heavy (non-hydrogen) atoms. The normalized spacial score (nSPS) is 17.1. The van der Waals surface area contributed by atoms with E-state index in [0.717, 1.165) is 37.5 Å². The average molecular weight is 353 g/mol. The SMILES string of the molecule is CC(C)(C)Oc1ccc([C@H](CF)N2CCNCC2)cc1.Cl.Cl. The van der Waals surface area contributed by atoms with E-state index in [4.69, 9.17) is 4.74 Å². The molecular weight excluding hydrogens is 326 g/mol. The minimum absolute atomic E-state index is 0. The van der Waals surface area contributed by atoms with Crippen molar-refractivity contribution in [3.8, 4) is 5.75 Å². The van der Waals surface area contributed by atoms with Crippen LogP contribution in [0.3, 0.4) is 0 Å². The number of alkyl halides is 1. The molecule has 3 nitrogen and oxygen atoms in total. The van der Waals surface area contributed by atoms with Crippen molar-refractivity contribution < 1.29 is 9.13 Å². The second-order valence-electron chi connectivity index (χ2n) is 6.24. The molecule has 1 N–H and O–H groups in total. The summed E-state index contributed by atoms with van der Waals surface area (Å²) in [4.78, 5) is 2.20. The summed E-state index contributed by atoms with van der Waals surface area (Å²) in [6, 6.07) is 7.69. The van der Waals surface area contributed by atoms with Crippen LogP contribution in [-0.4, -0.2) is 43.4 Å². The van der Waals surface area contributed by atoms with E-state index in [9.17, 15) is 4.39 Å². The predicted octanol–water partition coefficient (Wildman–Crippen LogP) is 3.62. The Balaban J connectivity index is 0.00000220. The number of nitrogens with zero attached hydrogens (tertiary/aromatic N) is 1. The zero-order valence-electron chi connectivity index (χ0n) is 13.5. The summed E-state index contributed by atoms with van der Waals surface area (Å²) >= 11 is 0. The molecule has 6 heteroatoms. The van der Waals surface area contributed by atoms with Crippen LogP contribution < -0.4 is 10.1 Å². The molecular formula is C16H27Cl2FN2O. The van der Waals surface area contributed by atoms with Crippen LogP contribution in [0.2, 0.25) is 0 Å². The Bertz CT molecular complexity index is 417. The van der Waals surface area contributed by atoms with Gasteiger partial charge in [0.1, 0.15) is 18.0 Å². The number of benzene rings is 1. The Labute approximate surface area is 145 Å². The van der Waals surface area contributed by atoms with Gasteiger partial charge in [-0.25, -0.2) is 4.39 Å². The van der Waals surface area contributed by atoms with Crippen molar-refractivity contribution in [2.45, 2.75) is 32.4 Å². The highest BCUT2D eigenvalue weighted by Crippen LogP contribution is 2.25. The molecule has 1 aromatic carbocycles. The Hall–Kier alpha value is -0.550. The van der Waals surface area contributed by atoms with Crippen molar-refractivity contribution >= 4 is 24.8 Å². The van der Waals surface area contributed by atoms with E-state index in [1.54, 1.807) is 0 Å². The fourth-order valence-corrected chi connectivity index (χ4v) is 2.50. The van der Waals surface area contributed by atoms with Gasteiger partial charge in [-0.1, -0.05) is 12.1 Å². The molecule has 1 saturated heterocycles. The second kappa shape index (κ2) is 9.56. The summed E-state index contributed by atoms with van der Waals surface area (Å²) < 4.78 is 19.2. The molecule has 2 rings (SSSR count). The first-order valence-corrected chi connectivity index (χ1v) is 7.29. The van der Waals surface area contributed by atoms with Crippen molar-refractivity contribution in [1.82, 2.24) is 10.2 Å². The Morgan fingerprint density at radius 1 is 1.14 bits per heavy atom. The molecule has 1 aliphatic rings. The number of piperazine rings is 1. The molecule has 1 fully saturated rings. The number of rotatable bonds is 4. The van der Waals surface area contributed by atoms with Gasteiger partial charge >= 0.3 is 0 Å². The number of nitrogens with one attached hydrogen (secondary N) is 1. The van der Waals surface area contributed by atoms with E-state index in [1.807, 2.05) is 45.0 Å². The maximum Gasteiger partial charge on any atom is 0.120 e. The zero-order chi connectivity index (χ0) is 14.6. The van der Waals surface area contributed by atoms with Crippen LogP contribution in [0.4, 0.5) is 4.39 Å². The van der Waals surface area contributed by atoms with E-state index in [1.165, 1.54) is 0 Å². The molecule has 0 aliphatic carbocycles. The number of halogens is 3. The molecule has 1 aliphatic heterocycles. The second-order valence-corrected chi connectivity index (χ2v) is 6.24. The van der Waals surface area contributed by atoms with Gasteiger partial charge in [0.15, 0.2) is 0 Å². The fourth-order valence-electron chi connectivity index (χ4n) is 2.50. The van der Waals surface area contributed by atoms with Crippen molar-refractivity contribution in [3.05, 3.63) is 29.8 Å². The van der Waals surface area contributed by atoms with E-state index in [0.29, 0.717) is 0 Å². The van der Waals surface area contributed by atoms with Crippen molar-refractivity contribution in [2.75, 3.05) is 32.9 Å². The molecule has 0 radical (unpaired) electrons. The van der Waals surface area contributed by atoms with Crippen molar-refractivity contribution in [3.63, 3.8) is 0 Å². The molecule has 1 atom stereocenters. The summed E-state index contributed by atoms with van der Waals surface area (Å²) in [6.45, 7) is 9.37. The largest absolute Gasteiger partial charge is 0.488 e. The predicted molar refractivity (Wildman–Crippen MR) is 94.5 cm³/mol. The van der Waals surface area contributed by atoms with Gasteiger partial charge < -0.3 is 10.1 Å². The van der Waals surface area contributed by atoms with Gasteiger partial charge in [0.2, 0.25) is 0 Å². The van der Waals surface area contributed by atoms with E-state index in [2.05, 4.69) is 10.2 Å². The first-order valence-electron chi connectivity index (χ1n) is 7.29. The molecule has 0 saturated carbocycles. The minimum Gasteiger partial charge on any atom is -0.488 e. The highest BCUT2D eigenvalue weighted by molar-refractivity contribution is 5.85. The highest BCUT2D eigenvalue weighted by atomic mass is 35.5. The molecule has 0 amide bonds. The standard InChI is InChI=1S/C16H25FN2O.2ClH/c1-16(2,3)20-14-6-4-13(5-7-14)15(12-17)19-10-8-18-9-11-19;;/h4-7,15,18H,8-12H2,1-3H3;2*1H/t15-;;/m0../s1. The molecule has 1 heterocycles.